The number of fused-ring (bicyclic) bond motifs is 1. The molecule has 0 aromatic carbocycles. The van der Waals surface area contributed by atoms with Gasteiger partial charge in [0.1, 0.15) is 0 Å². The molecular formula is C20H24N8O. The molecular weight excluding hydrogens is 368 g/mol. The molecule has 1 amide bonds. The van der Waals surface area contributed by atoms with Gasteiger partial charge in [-0.2, -0.15) is 15.3 Å². The van der Waals surface area contributed by atoms with Crippen molar-refractivity contribution in [1.29, 1.82) is 0 Å². The molecule has 29 heavy (non-hydrogen) atoms. The summed E-state index contributed by atoms with van der Waals surface area (Å²) in [5, 5.41) is 13.3. The molecule has 4 rings (SSSR count). The summed E-state index contributed by atoms with van der Waals surface area (Å²) >= 11 is 0. The summed E-state index contributed by atoms with van der Waals surface area (Å²) in [6.45, 7) is 7.26. The van der Waals surface area contributed by atoms with Gasteiger partial charge in [0.25, 0.3) is 5.91 Å². The van der Waals surface area contributed by atoms with E-state index in [0.717, 1.165) is 34.8 Å². The molecule has 0 saturated heterocycles. The number of carbonyl (C=O) groups excluding carboxylic acids is 1. The zero-order valence-corrected chi connectivity index (χ0v) is 17.3. The molecule has 0 fully saturated rings. The maximum absolute atomic E-state index is 13.0. The van der Waals surface area contributed by atoms with E-state index in [9.17, 15) is 4.79 Å². The number of aryl methyl sites for hydroxylation is 3. The Labute approximate surface area is 168 Å². The molecule has 9 heteroatoms. The van der Waals surface area contributed by atoms with Gasteiger partial charge in [-0.15, -0.1) is 0 Å². The first kappa shape index (κ1) is 18.9. The topological polar surface area (TPSA) is 86.1 Å². The molecule has 150 valence electrons. The number of hydrogen-bond donors (Lipinski definition) is 0. The Bertz CT molecular complexity index is 1200. The van der Waals surface area contributed by atoms with Gasteiger partial charge in [0, 0.05) is 62.5 Å². The number of rotatable bonds is 5. The normalized spacial score (nSPS) is 11.3. The van der Waals surface area contributed by atoms with Crippen molar-refractivity contribution in [3.8, 4) is 11.3 Å². The van der Waals surface area contributed by atoms with Crippen LogP contribution in [0.2, 0.25) is 0 Å². The first-order valence-electron chi connectivity index (χ1n) is 9.51. The molecule has 4 aromatic rings. The highest BCUT2D eigenvalue weighted by Gasteiger charge is 2.20. The van der Waals surface area contributed by atoms with E-state index < -0.39 is 0 Å². The third kappa shape index (κ3) is 3.28. The highest BCUT2D eigenvalue weighted by Crippen LogP contribution is 2.23. The van der Waals surface area contributed by atoms with Crippen molar-refractivity contribution in [1.82, 2.24) is 39.1 Å². The van der Waals surface area contributed by atoms with Crippen LogP contribution in [-0.2, 0) is 20.1 Å². The van der Waals surface area contributed by atoms with E-state index in [-0.39, 0.29) is 5.91 Å². The lowest BCUT2D eigenvalue weighted by Crippen LogP contribution is -2.26. The average Bonchev–Trinajstić information content (AvgIpc) is 3.39. The van der Waals surface area contributed by atoms with Crippen LogP contribution < -0.4 is 0 Å². The summed E-state index contributed by atoms with van der Waals surface area (Å²) in [5.74, 6) is -0.159. The van der Waals surface area contributed by atoms with Gasteiger partial charge < -0.3 is 4.90 Å². The number of carbonyl (C=O) groups is 1. The SMILES string of the molecule is CCn1cc(CN(C)C(=O)c2cc3nccc(-c4cnn(C)c4C)n3n2)c(C)n1. The Balaban J connectivity index is 1.65. The van der Waals surface area contributed by atoms with Gasteiger partial charge in [0.2, 0.25) is 0 Å². The Morgan fingerprint density at radius 3 is 2.69 bits per heavy atom. The van der Waals surface area contributed by atoms with Crippen LogP contribution in [0.5, 0.6) is 0 Å². The molecule has 0 saturated carbocycles. The third-order valence-corrected chi connectivity index (χ3v) is 5.21. The smallest absolute Gasteiger partial charge is 0.274 e. The summed E-state index contributed by atoms with van der Waals surface area (Å²) in [4.78, 5) is 19.0. The summed E-state index contributed by atoms with van der Waals surface area (Å²) in [7, 11) is 3.67. The van der Waals surface area contributed by atoms with E-state index in [1.165, 1.54) is 0 Å². The second-order valence-electron chi connectivity index (χ2n) is 7.15. The molecule has 0 aliphatic rings. The predicted molar refractivity (Wildman–Crippen MR) is 108 cm³/mol. The fraction of sp³-hybridized carbons (Fsp3) is 0.350. The summed E-state index contributed by atoms with van der Waals surface area (Å²) < 4.78 is 5.38. The van der Waals surface area contributed by atoms with Crippen LogP contribution in [0, 0.1) is 13.8 Å². The predicted octanol–water partition coefficient (Wildman–Crippen LogP) is 2.24. The lowest BCUT2D eigenvalue weighted by Gasteiger charge is -2.15. The molecule has 0 aliphatic carbocycles. The van der Waals surface area contributed by atoms with Crippen molar-refractivity contribution in [3.63, 3.8) is 0 Å². The molecule has 4 aromatic heterocycles. The zero-order chi connectivity index (χ0) is 20.7. The van der Waals surface area contributed by atoms with Gasteiger partial charge in [0.15, 0.2) is 11.3 Å². The lowest BCUT2D eigenvalue weighted by atomic mass is 10.2. The number of amides is 1. The van der Waals surface area contributed by atoms with Gasteiger partial charge in [-0.1, -0.05) is 0 Å². The first-order chi connectivity index (χ1) is 13.9. The molecule has 4 heterocycles. The zero-order valence-electron chi connectivity index (χ0n) is 17.3. The van der Waals surface area contributed by atoms with Crippen LogP contribution >= 0.6 is 0 Å². The third-order valence-electron chi connectivity index (χ3n) is 5.21. The molecule has 0 bridgehead atoms. The van der Waals surface area contributed by atoms with Gasteiger partial charge in [0.05, 0.1) is 17.6 Å². The standard InChI is InChI=1S/C20H24N8O/c1-6-27-12-15(13(2)23-27)11-25(4)20(29)17-9-19-21-8-7-18(28(19)24-17)16-10-22-26(5)14(16)3/h7-10,12H,6,11H2,1-5H3. The fourth-order valence-electron chi connectivity index (χ4n) is 3.35. The van der Waals surface area contributed by atoms with Crippen LogP contribution in [0.25, 0.3) is 16.9 Å². The minimum absolute atomic E-state index is 0.159. The van der Waals surface area contributed by atoms with Crippen molar-refractivity contribution < 1.29 is 4.79 Å². The van der Waals surface area contributed by atoms with Crippen molar-refractivity contribution in [2.24, 2.45) is 7.05 Å². The van der Waals surface area contributed by atoms with Crippen LogP contribution in [0.1, 0.15) is 34.4 Å². The highest BCUT2D eigenvalue weighted by molar-refractivity contribution is 5.93. The minimum Gasteiger partial charge on any atom is -0.336 e. The van der Waals surface area contributed by atoms with E-state index in [1.54, 1.807) is 34.9 Å². The van der Waals surface area contributed by atoms with E-state index in [1.807, 2.05) is 49.4 Å². The second-order valence-corrected chi connectivity index (χ2v) is 7.15. The number of hydrogen-bond acceptors (Lipinski definition) is 5. The Morgan fingerprint density at radius 2 is 2.03 bits per heavy atom. The van der Waals surface area contributed by atoms with E-state index in [4.69, 9.17) is 0 Å². The molecule has 0 atom stereocenters. The largest absolute Gasteiger partial charge is 0.336 e. The molecule has 0 radical (unpaired) electrons. The fourth-order valence-corrected chi connectivity index (χ4v) is 3.35. The van der Waals surface area contributed by atoms with Gasteiger partial charge in [-0.25, -0.2) is 9.50 Å². The summed E-state index contributed by atoms with van der Waals surface area (Å²) in [5.41, 5.74) is 5.75. The highest BCUT2D eigenvalue weighted by atomic mass is 16.2. The monoisotopic (exact) mass is 392 g/mol. The Morgan fingerprint density at radius 1 is 1.24 bits per heavy atom. The molecule has 0 N–H and O–H groups in total. The molecule has 0 spiro atoms. The van der Waals surface area contributed by atoms with E-state index in [0.29, 0.717) is 17.9 Å². The number of nitrogens with zero attached hydrogens (tertiary/aromatic N) is 8. The van der Waals surface area contributed by atoms with Crippen molar-refractivity contribution >= 4 is 11.6 Å². The van der Waals surface area contributed by atoms with Crippen molar-refractivity contribution in [3.05, 3.63) is 53.4 Å². The van der Waals surface area contributed by atoms with E-state index in [2.05, 4.69) is 20.3 Å². The van der Waals surface area contributed by atoms with Crippen LogP contribution in [0.3, 0.4) is 0 Å². The van der Waals surface area contributed by atoms with Gasteiger partial charge >= 0.3 is 0 Å². The van der Waals surface area contributed by atoms with Crippen LogP contribution in [0.15, 0.2) is 30.7 Å². The number of aromatic nitrogens is 7. The first-order valence-corrected chi connectivity index (χ1v) is 9.51. The maximum Gasteiger partial charge on any atom is 0.274 e. The molecule has 9 nitrogen and oxygen atoms in total. The lowest BCUT2D eigenvalue weighted by molar-refractivity contribution is 0.0779. The quantitative estimate of drug-likeness (QED) is 0.520. The average molecular weight is 392 g/mol. The summed E-state index contributed by atoms with van der Waals surface area (Å²) in [6.07, 6.45) is 5.50. The van der Waals surface area contributed by atoms with Crippen LogP contribution in [0.4, 0.5) is 0 Å². The second kappa shape index (κ2) is 7.16. The van der Waals surface area contributed by atoms with Crippen molar-refractivity contribution in [2.75, 3.05) is 7.05 Å². The Kier molecular flexibility index (Phi) is 4.65. The maximum atomic E-state index is 13.0. The Hall–Kier alpha value is -3.49. The molecule has 0 aliphatic heterocycles. The van der Waals surface area contributed by atoms with Gasteiger partial charge in [-0.3, -0.25) is 14.2 Å². The van der Waals surface area contributed by atoms with Crippen molar-refractivity contribution in [2.45, 2.75) is 33.9 Å². The summed E-state index contributed by atoms with van der Waals surface area (Å²) in [6, 6.07) is 3.60. The van der Waals surface area contributed by atoms with Gasteiger partial charge in [-0.05, 0) is 26.8 Å². The minimum atomic E-state index is -0.159. The molecule has 0 unspecified atom stereocenters. The van der Waals surface area contributed by atoms with Crippen LogP contribution in [-0.4, -0.2) is 52.0 Å². The van der Waals surface area contributed by atoms with E-state index >= 15 is 0 Å².